The first-order chi connectivity index (χ1) is 8.21. The van der Waals surface area contributed by atoms with Gasteiger partial charge < -0.3 is 22.1 Å². The molecule has 0 aromatic rings. The Hall–Kier alpha value is -0.160. The summed E-state index contributed by atoms with van der Waals surface area (Å²) < 4.78 is 0. The fourth-order valence-corrected chi connectivity index (χ4v) is 1.67. The van der Waals surface area contributed by atoms with Gasteiger partial charge in [0.2, 0.25) is 0 Å². The molecule has 0 spiro atoms. The van der Waals surface area contributed by atoms with Gasteiger partial charge in [-0.25, -0.2) is 0 Å². The Labute approximate surface area is 113 Å². The Kier molecular flexibility index (Phi) is 8.78. The molecule has 4 nitrogen and oxygen atoms in total. The molecule has 6 N–H and O–H groups in total. The van der Waals surface area contributed by atoms with Gasteiger partial charge in [-0.1, -0.05) is 12.8 Å². The minimum Gasteiger partial charge on any atom is -0.324 e. The maximum absolute atomic E-state index is 5.89. The average molecular weight is 258 g/mol. The molecular weight excluding hydrogens is 224 g/mol. The predicted molar refractivity (Wildman–Crippen MR) is 80.7 cm³/mol. The molecule has 110 valence electrons. The number of rotatable bonds is 11. The maximum Gasteiger partial charge on any atom is 0.0223 e. The number of hydrogen-bond donors (Lipinski definition) is 4. The summed E-state index contributed by atoms with van der Waals surface area (Å²) >= 11 is 0. The van der Waals surface area contributed by atoms with Gasteiger partial charge in [0, 0.05) is 24.2 Å². The third kappa shape index (κ3) is 15.8. The largest absolute Gasteiger partial charge is 0.324 e. The van der Waals surface area contributed by atoms with Gasteiger partial charge in [0.15, 0.2) is 0 Å². The predicted octanol–water partition coefficient (Wildman–Crippen LogP) is 1.20. The molecule has 0 aliphatic heterocycles. The molecule has 0 amide bonds. The number of nitrogens with two attached hydrogens (primary N) is 2. The van der Waals surface area contributed by atoms with Crippen LogP contribution in [0.25, 0.3) is 0 Å². The van der Waals surface area contributed by atoms with Crippen molar-refractivity contribution in [2.75, 3.05) is 26.2 Å². The van der Waals surface area contributed by atoms with Gasteiger partial charge >= 0.3 is 0 Å². The van der Waals surface area contributed by atoms with E-state index >= 15 is 0 Å². The number of nitrogens with one attached hydrogen (secondary N) is 2. The normalized spacial score (nSPS) is 13.0. The van der Waals surface area contributed by atoms with Crippen molar-refractivity contribution >= 4 is 0 Å². The van der Waals surface area contributed by atoms with Crippen LogP contribution in [0.5, 0.6) is 0 Å². The third-order valence-corrected chi connectivity index (χ3v) is 2.62. The second-order valence-electron chi connectivity index (χ2n) is 6.74. The Morgan fingerprint density at radius 2 is 1.00 bits per heavy atom. The maximum atomic E-state index is 5.89. The molecule has 0 heterocycles. The summed E-state index contributed by atoms with van der Waals surface area (Å²) in [5, 5.41) is 6.78. The summed E-state index contributed by atoms with van der Waals surface area (Å²) in [4.78, 5) is 0. The molecule has 0 bridgehead atoms. The Morgan fingerprint density at radius 1 is 0.667 bits per heavy atom. The molecule has 0 saturated carbocycles. The first-order valence-electron chi connectivity index (χ1n) is 7.20. The van der Waals surface area contributed by atoms with Crippen LogP contribution in [0.15, 0.2) is 0 Å². The van der Waals surface area contributed by atoms with Crippen molar-refractivity contribution in [3.8, 4) is 0 Å². The van der Waals surface area contributed by atoms with Crippen LogP contribution in [0.1, 0.15) is 53.4 Å². The van der Waals surface area contributed by atoms with Gasteiger partial charge in [0.05, 0.1) is 0 Å². The molecule has 0 aliphatic rings. The zero-order chi connectivity index (χ0) is 14.1. The fraction of sp³-hybridized carbons (Fsp3) is 1.00. The molecule has 0 fully saturated rings. The standard InChI is InChI=1S/C14H34N4/c1-13(2,15)11-17-9-7-5-6-8-10-18-12-14(3,4)16/h17-18H,5-12,15-16H2,1-4H3. The van der Waals surface area contributed by atoms with Gasteiger partial charge in [-0.2, -0.15) is 0 Å². The van der Waals surface area contributed by atoms with E-state index in [-0.39, 0.29) is 11.1 Å². The lowest BCUT2D eigenvalue weighted by Crippen LogP contribution is -2.43. The summed E-state index contributed by atoms with van der Waals surface area (Å²) in [6.45, 7) is 12.1. The molecule has 0 aromatic carbocycles. The molecule has 18 heavy (non-hydrogen) atoms. The highest BCUT2D eigenvalue weighted by molar-refractivity contribution is 4.75. The smallest absolute Gasteiger partial charge is 0.0223 e. The SMILES string of the molecule is CC(C)(N)CNCCCCCCNCC(C)(C)N. The molecule has 0 rings (SSSR count). The van der Waals surface area contributed by atoms with Crippen molar-refractivity contribution in [1.29, 1.82) is 0 Å². The second-order valence-corrected chi connectivity index (χ2v) is 6.74. The molecule has 0 aliphatic carbocycles. The lowest BCUT2D eigenvalue weighted by atomic mass is 10.1. The zero-order valence-corrected chi connectivity index (χ0v) is 12.8. The number of hydrogen-bond acceptors (Lipinski definition) is 4. The van der Waals surface area contributed by atoms with Gasteiger partial charge in [0.25, 0.3) is 0 Å². The first kappa shape index (κ1) is 17.8. The topological polar surface area (TPSA) is 76.1 Å². The van der Waals surface area contributed by atoms with E-state index in [1.807, 2.05) is 27.7 Å². The molecule has 0 aromatic heterocycles. The van der Waals surface area contributed by atoms with Gasteiger partial charge in [-0.15, -0.1) is 0 Å². The van der Waals surface area contributed by atoms with Crippen LogP contribution in [0.3, 0.4) is 0 Å². The van der Waals surface area contributed by atoms with E-state index < -0.39 is 0 Å². The molecular formula is C14H34N4. The molecule has 4 heteroatoms. The van der Waals surface area contributed by atoms with Crippen molar-refractivity contribution in [2.24, 2.45) is 11.5 Å². The van der Waals surface area contributed by atoms with Crippen molar-refractivity contribution < 1.29 is 0 Å². The third-order valence-electron chi connectivity index (χ3n) is 2.62. The molecule has 0 unspecified atom stereocenters. The molecule has 0 radical (unpaired) electrons. The summed E-state index contributed by atoms with van der Waals surface area (Å²) in [6.07, 6.45) is 5.04. The Morgan fingerprint density at radius 3 is 1.28 bits per heavy atom. The van der Waals surface area contributed by atoms with Crippen molar-refractivity contribution in [3.05, 3.63) is 0 Å². The van der Waals surface area contributed by atoms with E-state index in [2.05, 4.69) is 10.6 Å². The van der Waals surface area contributed by atoms with Crippen LogP contribution in [-0.2, 0) is 0 Å². The van der Waals surface area contributed by atoms with Gasteiger partial charge in [-0.3, -0.25) is 0 Å². The van der Waals surface area contributed by atoms with E-state index in [0.29, 0.717) is 0 Å². The highest BCUT2D eigenvalue weighted by Crippen LogP contribution is 1.99. The first-order valence-corrected chi connectivity index (χ1v) is 7.20. The van der Waals surface area contributed by atoms with Crippen molar-refractivity contribution in [2.45, 2.75) is 64.5 Å². The van der Waals surface area contributed by atoms with Crippen LogP contribution in [0, 0.1) is 0 Å². The Balaban J connectivity index is 3.13. The van der Waals surface area contributed by atoms with E-state index in [9.17, 15) is 0 Å². The zero-order valence-electron chi connectivity index (χ0n) is 12.8. The van der Waals surface area contributed by atoms with E-state index in [1.165, 1.54) is 25.7 Å². The van der Waals surface area contributed by atoms with Crippen LogP contribution in [0.4, 0.5) is 0 Å². The van der Waals surface area contributed by atoms with Crippen molar-refractivity contribution in [3.63, 3.8) is 0 Å². The van der Waals surface area contributed by atoms with Crippen molar-refractivity contribution in [1.82, 2.24) is 10.6 Å². The van der Waals surface area contributed by atoms with E-state index in [0.717, 1.165) is 26.2 Å². The molecule has 0 saturated heterocycles. The van der Waals surface area contributed by atoms with Crippen LogP contribution in [0.2, 0.25) is 0 Å². The van der Waals surface area contributed by atoms with Crippen LogP contribution in [-0.4, -0.2) is 37.3 Å². The Bertz CT molecular complexity index is 169. The fourth-order valence-electron chi connectivity index (χ4n) is 1.67. The van der Waals surface area contributed by atoms with E-state index in [4.69, 9.17) is 11.5 Å². The summed E-state index contributed by atoms with van der Waals surface area (Å²) in [7, 11) is 0. The van der Waals surface area contributed by atoms with Gasteiger partial charge in [0.1, 0.15) is 0 Å². The van der Waals surface area contributed by atoms with E-state index in [1.54, 1.807) is 0 Å². The minimum atomic E-state index is -0.0983. The minimum absolute atomic E-state index is 0.0983. The number of unbranched alkanes of at least 4 members (excludes halogenated alkanes) is 3. The monoisotopic (exact) mass is 258 g/mol. The quantitative estimate of drug-likeness (QED) is 0.420. The highest BCUT2D eigenvalue weighted by atomic mass is 14.9. The lowest BCUT2D eigenvalue weighted by molar-refractivity contribution is 0.449. The summed E-state index contributed by atoms with van der Waals surface area (Å²) in [5.74, 6) is 0. The molecule has 0 atom stereocenters. The van der Waals surface area contributed by atoms with Crippen LogP contribution < -0.4 is 22.1 Å². The summed E-state index contributed by atoms with van der Waals surface area (Å²) in [6, 6.07) is 0. The second kappa shape index (κ2) is 8.86. The summed E-state index contributed by atoms with van der Waals surface area (Å²) in [5.41, 5.74) is 11.6. The lowest BCUT2D eigenvalue weighted by Gasteiger charge is -2.19. The highest BCUT2D eigenvalue weighted by Gasteiger charge is 2.09. The van der Waals surface area contributed by atoms with Gasteiger partial charge in [-0.05, 0) is 53.6 Å². The van der Waals surface area contributed by atoms with Crippen LogP contribution >= 0.6 is 0 Å². The average Bonchev–Trinajstić information content (AvgIpc) is 2.17.